The van der Waals surface area contributed by atoms with Crippen molar-refractivity contribution in [1.29, 1.82) is 0 Å². The fourth-order valence-corrected chi connectivity index (χ4v) is 1.87. The van der Waals surface area contributed by atoms with Gasteiger partial charge in [0.05, 0.1) is 0 Å². The van der Waals surface area contributed by atoms with Crippen molar-refractivity contribution in [3.63, 3.8) is 0 Å². The number of carbonyl (C=O) groups is 1. The van der Waals surface area contributed by atoms with Gasteiger partial charge in [-0.05, 0) is 38.0 Å². The van der Waals surface area contributed by atoms with Crippen molar-refractivity contribution in [2.24, 2.45) is 11.8 Å². The lowest BCUT2D eigenvalue weighted by Crippen LogP contribution is -2.17. The van der Waals surface area contributed by atoms with Gasteiger partial charge in [0.15, 0.2) is 0 Å². The van der Waals surface area contributed by atoms with Gasteiger partial charge >= 0.3 is 5.97 Å². The fourth-order valence-electron chi connectivity index (χ4n) is 1.87. The standard InChI is InChI=1S/C11H18O2/c1-7-4-5-10(6-8(7)2)9(3)11(12)13/h7-8H,4-6H2,1-3H3,(H,12,13). The van der Waals surface area contributed by atoms with Gasteiger partial charge < -0.3 is 5.11 Å². The number of rotatable bonds is 1. The van der Waals surface area contributed by atoms with Crippen molar-refractivity contribution in [2.75, 3.05) is 0 Å². The molecule has 2 unspecified atom stereocenters. The second-order valence-corrected chi connectivity index (χ2v) is 4.23. The Labute approximate surface area is 79.6 Å². The minimum atomic E-state index is -0.753. The first kappa shape index (κ1) is 10.3. The van der Waals surface area contributed by atoms with E-state index in [2.05, 4.69) is 13.8 Å². The summed E-state index contributed by atoms with van der Waals surface area (Å²) in [5, 5.41) is 8.83. The molecule has 0 aliphatic heterocycles. The molecule has 13 heavy (non-hydrogen) atoms. The number of aliphatic carboxylic acids is 1. The maximum Gasteiger partial charge on any atom is 0.331 e. The molecular weight excluding hydrogens is 164 g/mol. The van der Waals surface area contributed by atoms with Crippen LogP contribution in [0, 0.1) is 11.8 Å². The van der Waals surface area contributed by atoms with Crippen LogP contribution < -0.4 is 0 Å². The number of carboxylic acids is 1. The van der Waals surface area contributed by atoms with Gasteiger partial charge in [-0.2, -0.15) is 0 Å². The summed E-state index contributed by atoms with van der Waals surface area (Å²) in [6.07, 6.45) is 3.09. The van der Waals surface area contributed by atoms with Crippen LogP contribution in [0.25, 0.3) is 0 Å². The highest BCUT2D eigenvalue weighted by Gasteiger charge is 2.22. The zero-order valence-electron chi connectivity index (χ0n) is 8.63. The largest absolute Gasteiger partial charge is 0.478 e. The van der Waals surface area contributed by atoms with E-state index in [1.165, 1.54) is 0 Å². The first-order chi connectivity index (χ1) is 6.02. The molecule has 74 valence electrons. The van der Waals surface area contributed by atoms with Gasteiger partial charge in [0.1, 0.15) is 0 Å². The average Bonchev–Trinajstić information content (AvgIpc) is 2.08. The summed E-state index contributed by atoms with van der Waals surface area (Å²) < 4.78 is 0. The lowest BCUT2D eigenvalue weighted by molar-refractivity contribution is -0.132. The molecule has 0 bridgehead atoms. The van der Waals surface area contributed by atoms with Crippen molar-refractivity contribution in [3.05, 3.63) is 11.1 Å². The van der Waals surface area contributed by atoms with E-state index in [9.17, 15) is 4.79 Å². The van der Waals surface area contributed by atoms with Crippen LogP contribution >= 0.6 is 0 Å². The van der Waals surface area contributed by atoms with Crippen LogP contribution in [-0.2, 0) is 4.79 Å². The Morgan fingerprint density at radius 2 is 2.00 bits per heavy atom. The average molecular weight is 182 g/mol. The molecule has 0 aromatic heterocycles. The molecule has 2 heteroatoms. The molecule has 0 amide bonds. The first-order valence-corrected chi connectivity index (χ1v) is 4.94. The van der Waals surface area contributed by atoms with E-state index >= 15 is 0 Å². The molecule has 0 spiro atoms. The van der Waals surface area contributed by atoms with Crippen molar-refractivity contribution in [1.82, 2.24) is 0 Å². The van der Waals surface area contributed by atoms with Gasteiger partial charge in [-0.1, -0.05) is 19.4 Å². The van der Waals surface area contributed by atoms with Gasteiger partial charge in [-0.3, -0.25) is 0 Å². The molecule has 1 saturated carbocycles. The fraction of sp³-hybridized carbons (Fsp3) is 0.727. The smallest absolute Gasteiger partial charge is 0.331 e. The van der Waals surface area contributed by atoms with Crippen molar-refractivity contribution < 1.29 is 9.90 Å². The van der Waals surface area contributed by atoms with E-state index in [0.717, 1.165) is 30.8 Å². The van der Waals surface area contributed by atoms with Crippen LogP contribution in [0.1, 0.15) is 40.0 Å². The highest BCUT2D eigenvalue weighted by atomic mass is 16.4. The summed E-state index contributed by atoms with van der Waals surface area (Å²) in [6, 6.07) is 0. The Morgan fingerprint density at radius 1 is 1.38 bits per heavy atom. The minimum absolute atomic E-state index is 0.568. The van der Waals surface area contributed by atoms with Gasteiger partial charge in [0.2, 0.25) is 0 Å². The molecule has 0 heterocycles. The highest BCUT2D eigenvalue weighted by Crippen LogP contribution is 2.34. The molecule has 1 N–H and O–H groups in total. The second-order valence-electron chi connectivity index (χ2n) is 4.23. The lowest BCUT2D eigenvalue weighted by Gasteiger charge is -2.28. The normalized spacial score (nSPS) is 32.8. The van der Waals surface area contributed by atoms with E-state index in [1.54, 1.807) is 6.92 Å². The Kier molecular flexibility index (Phi) is 3.12. The maximum atomic E-state index is 10.7. The summed E-state index contributed by atoms with van der Waals surface area (Å²) >= 11 is 0. The number of hydrogen-bond donors (Lipinski definition) is 1. The van der Waals surface area contributed by atoms with Crippen LogP contribution in [0.3, 0.4) is 0 Å². The predicted molar refractivity (Wildman–Crippen MR) is 52.5 cm³/mol. The van der Waals surface area contributed by atoms with Crippen LogP contribution in [-0.4, -0.2) is 11.1 Å². The Morgan fingerprint density at radius 3 is 2.46 bits per heavy atom. The molecule has 2 nitrogen and oxygen atoms in total. The third kappa shape index (κ3) is 2.33. The van der Waals surface area contributed by atoms with Crippen LogP contribution in [0.5, 0.6) is 0 Å². The summed E-state index contributed by atoms with van der Waals surface area (Å²) in [4.78, 5) is 10.7. The molecule has 0 aromatic rings. The van der Waals surface area contributed by atoms with Gasteiger partial charge in [0.25, 0.3) is 0 Å². The van der Waals surface area contributed by atoms with Gasteiger partial charge in [-0.25, -0.2) is 4.79 Å². The van der Waals surface area contributed by atoms with Crippen LogP contribution in [0.4, 0.5) is 0 Å². The second kappa shape index (κ2) is 3.95. The summed E-state index contributed by atoms with van der Waals surface area (Å²) in [5.41, 5.74) is 1.72. The monoisotopic (exact) mass is 182 g/mol. The van der Waals surface area contributed by atoms with E-state index in [1.807, 2.05) is 0 Å². The molecular formula is C11H18O2. The SMILES string of the molecule is CC(C(=O)O)=C1CCC(C)C(C)C1. The van der Waals surface area contributed by atoms with E-state index in [0.29, 0.717) is 11.5 Å². The number of allylic oxidation sites excluding steroid dienone is 1. The maximum absolute atomic E-state index is 10.7. The quantitative estimate of drug-likeness (QED) is 0.633. The molecule has 1 fully saturated rings. The van der Waals surface area contributed by atoms with Crippen molar-refractivity contribution >= 4 is 5.97 Å². The summed E-state index contributed by atoms with van der Waals surface area (Å²) in [7, 11) is 0. The molecule has 1 aliphatic rings. The van der Waals surface area contributed by atoms with Gasteiger partial charge in [0, 0.05) is 5.57 Å². The molecule has 1 rings (SSSR count). The third-order valence-corrected chi connectivity index (χ3v) is 3.29. The molecule has 0 aromatic carbocycles. The molecule has 0 saturated heterocycles. The summed E-state index contributed by atoms with van der Waals surface area (Å²) in [6.45, 7) is 6.18. The number of carboxylic acid groups (broad SMARTS) is 1. The first-order valence-electron chi connectivity index (χ1n) is 4.94. The Hall–Kier alpha value is -0.790. The minimum Gasteiger partial charge on any atom is -0.478 e. The highest BCUT2D eigenvalue weighted by molar-refractivity contribution is 5.86. The summed E-state index contributed by atoms with van der Waals surface area (Å²) in [5.74, 6) is 0.625. The molecule has 1 aliphatic carbocycles. The predicted octanol–water partition coefficient (Wildman–Crippen LogP) is 2.84. The van der Waals surface area contributed by atoms with E-state index in [-0.39, 0.29) is 0 Å². The Bertz CT molecular complexity index is 240. The van der Waals surface area contributed by atoms with Crippen LogP contribution in [0.2, 0.25) is 0 Å². The zero-order valence-corrected chi connectivity index (χ0v) is 8.63. The van der Waals surface area contributed by atoms with E-state index in [4.69, 9.17) is 5.11 Å². The zero-order chi connectivity index (χ0) is 10.0. The van der Waals surface area contributed by atoms with Crippen molar-refractivity contribution in [3.8, 4) is 0 Å². The molecule has 0 radical (unpaired) electrons. The molecule has 2 atom stereocenters. The Balaban J connectivity index is 2.75. The third-order valence-electron chi connectivity index (χ3n) is 3.29. The van der Waals surface area contributed by atoms with Gasteiger partial charge in [-0.15, -0.1) is 0 Å². The van der Waals surface area contributed by atoms with Crippen LogP contribution in [0.15, 0.2) is 11.1 Å². The van der Waals surface area contributed by atoms with E-state index < -0.39 is 5.97 Å². The lowest BCUT2D eigenvalue weighted by atomic mass is 9.77. The van der Waals surface area contributed by atoms with Crippen molar-refractivity contribution in [2.45, 2.75) is 40.0 Å². The number of hydrogen-bond acceptors (Lipinski definition) is 1. The topological polar surface area (TPSA) is 37.3 Å².